The molecule has 0 radical (unpaired) electrons. The first-order chi connectivity index (χ1) is 11.5. The van der Waals surface area contributed by atoms with Crippen LogP contribution in [0.15, 0.2) is 46.9 Å². The van der Waals surface area contributed by atoms with Crippen molar-refractivity contribution in [3.8, 4) is 5.75 Å². The summed E-state index contributed by atoms with van der Waals surface area (Å²) in [5, 5.41) is 0.709. The summed E-state index contributed by atoms with van der Waals surface area (Å²) in [6.07, 6.45) is 0. The fourth-order valence-electron chi connectivity index (χ4n) is 2.31. The summed E-state index contributed by atoms with van der Waals surface area (Å²) < 4.78 is 6.12. The van der Waals surface area contributed by atoms with E-state index in [1.165, 1.54) is 0 Å². The van der Waals surface area contributed by atoms with Gasteiger partial charge in [-0.25, -0.2) is 0 Å². The number of amides is 3. The molecule has 3 amide bonds. The third-order valence-corrected chi connectivity index (χ3v) is 4.10. The molecule has 7 heteroatoms. The van der Waals surface area contributed by atoms with Crippen LogP contribution in [0.4, 0.5) is 0 Å². The second kappa shape index (κ2) is 6.45. The zero-order valence-electron chi connectivity index (χ0n) is 12.7. The number of imide groups is 1. The number of carbonyl (C=O) groups excluding carboxylic acids is 3. The van der Waals surface area contributed by atoms with Gasteiger partial charge in [-0.15, -0.1) is 0 Å². The third kappa shape index (κ3) is 3.03. The Morgan fingerprint density at radius 2 is 1.75 bits per heavy atom. The minimum atomic E-state index is -0.600. The molecular weight excluding hydrogens is 376 g/mol. The second-order valence-corrected chi connectivity index (χ2v) is 6.10. The lowest BCUT2D eigenvalue weighted by atomic mass is 10.1. The standard InChI is InChI=1S/C17H13BrN2O4/c1-10-6-7-14(13(18)8-10)24-9-15(21)19-20-16(22)11-4-2-3-5-12(11)17(20)23/h2-8H,9H2,1H3,(H,19,21). The fraction of sp³-hybridized carbons (Fsp3) is 0.118. The Morgan fingerprint density at radius 3 is 2.33 bits per heavy atom. The summed E-state index contributed by atoms with van der Waals surface area (Å²) in [7, 11) is 0. The quantitative estimate of drug-likeness (QED) is 0.816. The van der Waals surface area contributed by atoms with E-state index >= 15 is 0 Å². The number of hydrazine groups is 1. The van der Waals surface area contributed by atoms with E-state index in [9.17, 15) is 14.4 Å². The average molecular weight is 389 g/mol. The van der Waals surface area contributed by atoms with Crippen molar-refractivity contribution in [3.63, 3.8) is 0 Å². The lowest BCUT2D eigenvalue weighted by molar-refractivity contribution is -0.126. The highest BCUT2D eigenvalue weighted by Gasteiger charge is 2.36. The van der Waals surface area contributed by atoms with Crippen LogP contribution in [0.2, 0.25) is 0 Å². The van der Waals surface area contributed by atoms with Gasteiger partial charge in [0.1, 0.15) is 5.75 Å². The van der Waals surface area contributed by atoms with Crippen molar-refractivity contribution in [3.05, 3.63) is 63.6 Å². The van der Waals surface area contributed by atoms with Gasteiger partial charge in [-0.3, -0.25) is 19.8 Å². The minimum Gasteiger partial charge on any atom is -0.483 e. The maximum Gasteiger partial charge on any atom is 0.280 e. The number of nitrogens with zero attached hydrogens (tertiary/aromatic N) is 1. The molecule has 2 aromatic rings. The zero-order chi connectivity index (χ0) is 17.3. The predicted octanol–water partition coefficient (Wildman–Crippen LogP) is 2.46. The maximum absolute atomic E-state index is 12.2. The van der Waals surface area contributed by atoms with Gasteiger partial charge in [0.25, 0.3) is 17.7 Å². The minimum absolute atomic E-state index is 0.269. The number of benzene rings is 2. The van der Waals surface area contributed by atoms with Crippen LogP contribution in [-0.2, 0) is 4.79 Å². The smallest absolute Gasteiger partial charge is 0.280 e. The predicted molar refractivity (Wildman–Crippen MR) is 89.5 cm³/mol. The number of hydrogen-bond donors (Lipinski definition) is 1. The number of nitrogens with one attached hydrogen (secondary N) is 1. The molecule has 3 rings (SSSR count). The molecule has 1 aliphatic heterocycles. The van der Waals surface area contributed by atoms with E-state index < -0.39 is 17.7 Å². The molecule has 0 fully saturated rings. The molecule has 0 saturated heterocycles. The van der Waals surface area contributed by atoms with Gasteiger partial charge in [-0.05, 0) is 52.7 Å². The molecule has 1 aliphatic rings. The zero-order valence-corrected chi connectivity index (χ0v) is 14.3. The van der Waals surface area contributed by atoms with Gasteiger partial charge in [-0.2, -0.15) is 5.01 Å². The Morgan fingerprint density at radius 1 is 1.12 bits per heavy atom. The van der Waals surface area contributed by atoms with Gasteiger partial charge < -0.3 is 4.74 Å². The number of carbonyl (C=O) groups is 3. The monoisotopic (exact) mass is 388 g/mol. The van der Waals surface area contributed by atoms with E-state index in [2.05, 4.69) is 21.4 Å². The van der Waals surface area contributed by atoms with E-state index in [4.69, 9.17) is 4.74 Å². The van der Waals surface area contributed by atoms with Crippen LogP contribution in [0.3, 0.4) is 0 Å². The highest BCUT2D eigenvalue weighted by molar-refractivity contribution is 9.10. The highest BCUT2D eigenvalue weighted by Crippen LogP contribution is 2.25. The van der Waals surface area contributed by atoms with Gasteiger partial charge in [0.15, 0.2) is 6.61 Å². The molecule has 0 unspecified atom stereocenters. The normalized spacial score (nSPS) is 13.0. The fourth-order valence-corrected chi connectivity index (χ4v) is 2.92. The first-order valence-corrected chi connectivity index (χ1v) is 7.93. The molecule has 1 heterocycles. The molecule has 24 heavy (non-hydrogen) atoms. The number of aryl methyl sites for hydroxylation is 1. The lowest BCUT2D eigenvalue weighted by Crippen LogP contribution is -2.47. The van der Waals surface area contributed by atoms with Crippen LogP contribution in [0.1, 0.15) is 26.3 Å². The molecule has 1 N–H and O–H groups in total. The number of hydrogen-bond acceptors (Lipinski definition) is 4. The van der Waals surface area contributed by atoms with Crippen molar-refractivity contribution in [2.24, 2.45) is 0 Å². The maximum atomic E-state index is 12.2. The van der Waals surface area contributed by atoms with Crippen molar-refractivity contribution >= 4 is 33.7 Å². The van der Waals surface area contributed by atoms with Gasteiger partial charge in [0.05, 0.1) is 15.6 Å². The average Bonchev–Trinajstić information content (AvgIpc) is 2.79. The summed E-state index contributed by atoms with van der Waals surface area (Å²) >= 11 is 3.35. The Labute approximate surface area is 146 Å². The summed E-state index contributed by atoms with van der Waals surface area (Å²) in [5.41, 5.74) is 3.86. The molecule has 0 aliphatic carbocycles. The lowest BCUT2D eigenvalue weighted by Gasteiger charge is -2.15. The highest BCUT2D eigenvalue weighted by atomic mass is 79.9. The molecule has 0 spiro atoms. The number of ether oxygens (including phenoxy) is 1. The number of halogens is 1. The van der Waals surface area contributed by atoms with Gasteiger partial charge in [-0.1, -0.05) is 18.2 Å². The Hall–Kier alpha value is -2.67. The van der Waals surface area contributed by atoms with Crippen molar-refractivity contribution in [1.82, 2.24) is 10.4 Å². The SMILES string of the molecule is Cc1ccc(OCC(=O)NN2C(=O)c3ccccc3C2=O)c(Br)c1. The largest absolute Gasteiger partial charge is 0.483 e. The van der Waals surface area contributed by atoms with Crippen LogP contribution in [0, 0.1) is 6.92 Å². The summed E-state index contributed by atoms with van der Waals surface area (Å²) in [4.78, 5) is 36.3. The van der Waals surface area contributed by atoms with Crippen LogP contribution in [-0.4, -0.2) is 29.3 Å². The molecule has 6 nitrogen and oxygen atoms in total. The molecular formula is C17H13BrN2O4. The second-order valence-electron chi connectivity index (χ2n) is 5.25. The molecule has 122 valence electrons. The van der Waals surface area contributed by atoms with Crippen LogP contribution >= 0.6 is 15.9 Å². The molecule has 0 bridgehead atoms. The number of rotatable bonds is 4. The van der Waals surface area contributed by atoms with Crippen molar-refractivity contribution in [2.75, 3.05) is 6.61 Å². The van der Waals surface area contributed by atoms with Crippen molar-refractivity contribution in [2.45, 2.75) is 6.92 Å². The third-order valence-electron chi connectivity index (χ3n) is 3.48. The summed E-state index contributed by atoms with van der Waals surface area (Å²) in [5.74, 6) is -1.21. The van der Waals surface area contributed by atoms with E-state index in [-0.39, 0.29) is 17.7 Å². The van der Waals surface area contributed by atoms with Gasteiger partial charge >= 0.3 is 0 Å². The van der Waals surface area contributed by atoms with E-state index in [1.807, 2.05) is 19.1 Å². The Balaban J connectivity index is 1.64. The Bertz CT molecular complexity index is 815. The van der Waals surface area contributed by atoms with Crippen LogP contribution < -0.4 is 10.2 Å². The molecule has 0 atom stereocenters. The first-order valence-electron chi connectivity index (χ1n) is 7.13. The molecule has 0 aromatic heterocycles. The summed E-state index contributed by atoms with van der Waals surface area (Å²) in [6, 6.07) is 11.8. The molecule has 2 aromatic carbocycles. The van der Waals surface area contributed by atoms with Crippen molar-refractivity contribution in [1.29, 1.82) is 0 Å². The topological polar surface area (TPSA) is 75.7 Å². The molecule has 0 saturated carbocycles. The van der Waals surface area contributed by atoms with Gasteiger partial charge in [0, 0.05) is 0 Å². The first kappa shape index (κ1) is 16.2. The van der Waals surface area contributed by atoms with Crippen LogP contribution in [0.25, 0.3) is 0 Å². The Kier molecular flexibility index (Phi) is 4.35. The van der Waals surface area contributed by atoms with Gasteiger partial charge in [0.2, 0.25) is 0 Å². The number of fused-ring (bicyclic) bond motifs is 1. The van der Waals surface area contributed by atoms with E-state index in [1.54, 1.807) is 30.3 Å². The van der Waals surface area contributed by atoms with E-state index in [0.717, 1.165) is 10.0 Å². The summed E-state index contributed by atoms with van der Waals surface area (Å²) in [6.45, 7) is 1.61. The van der Waals surface area contributed by atoms with Crippen LogP contribution in [0.5, 0.6) is 5.75 Å². The van der Waals surface area contributed by atoms with E-state index in [0.29, 0.717) is 10.8 Å². The van der Waals surface area contributed by atoms with Crippen molar-refractivity contribution < 1.29 is 19.1 Å².